The lowest BCUT2D eigenvalue weighted by Gasteiger charge is -2.30. The van der Waals surface area contributed by atoms with Gasteiger partial charge in [-0.2, -0.15) is 0 Å². The molecular formula is C19H29Cl2N3O. The van der Waals surface area contributed by atoms with E-state index in [0.29, 0.717) is 18.4 Å². The molecule has 2 fully saturated rings. The molecule has 6 heteroatoms. The number of aryl methyl sites for hydroxylation is 1. The summed E-state index contributed by atoms with van der Waals surface area (Å²) in [6.45, 7) is 3.77. The quantitative estimate of drug-likeness (QED) is 0.866. The van der Waals surface area contributed by atoms with Crippen LogP contribution in [0.4, 0.5) is 5.69 Å². The number of amides is 1. The van der Waals surface area contributed by atoms with Gasteiger partial charge >= 0.3 is 0 Å². The second-order valence-corrected chi connectivity index (χ2v) is 7.45. The van der Waals surface area contributed by atoms with Crippen LogP contribution in [0.25, 0.3) is 0 Å². The minimum absolute atomic E-state index is 0. The van der Waals surface area contributed by atoms with Crippen molar-refractivity contribution >= 4 is 36.4 Å². The highest BCUT2D eigenvalue weighted by Crippen LogP contribution is 2.40. The fourth-order valence-electron chi connectivity index (χ4n) is 4.33. The van der Waals surface area contributed by atoms with Gasteiger partial charge in [0, 0.05) is 44.3 Å². The summed E-state index contributed by atoms with van der Waals surface area (Å²) in [7, 11) is 0. The maximum Gasteiger partial charge on any atom is 0.228 e. The SMILES string of the molecule is Cl.Cl.N[C@H]1CN(CCC(=O)N2CCCc3ccccc32)C[C@@H]1C1CC1. The highest BCUT2D eigenvalue weighted by atomic mass is 35.5. The van der Waals surface area contributed by atoms with Crippen LogP contribution in [0.15, 0.2) is 24.3 Å². The van der Waals surface area contributed by atoms with E-state index in [4.69, 9.17) is 5.73 Å². The maximum atomic E-state index is 12.7. The molecule has 4 rings (SSSR count). The number of nitrogens with zero attached hydrogens (tertiary/aromatic N) is 2. The first-order chi connectivity index (χ1) is 11.2. The zero-order chi connectivity index (χ0) is 15.8. The molecule has 140 valence electrons. The Hall–Kier alpha value is -0.810. The molecule has 0 unspecified atom stereocenters. The van der Waals surface area contributed by atoms with Crippen LogP contribution >= 0.6 is 24.8 Å². The molecule has 2 N–H and O–H groups in total. The van der Waals surface area contributed by atoms with E-state index in [1.165, 1.54) is 18.4 Å². The van der Waals surface area contributed by atoms with Crippen LogP contribution in [-0.2, 0) is 11.2 Å². The van der Waals surface area contributed by atoms with Gasteiger partial charge in [0.05, 0.1) is 0 Å². The summed E-state index contributed by atoms with van der Waals surface area (Å²) in [4.78, 5) is 17.1. The van der Waals surface area contributed by atoms with Crippen molar-refractivity contribution in [1.29, 1.82) is 0 Å². The number of carbonyl (C=O) groups is 1. The number of nitrogens with two attached hydrogens (primary N) is 1. The Labute approximate surface area is 162 Å². The largest absolute Gasteiger partial charge is 0.326 e. The van der Waals surface area contributed by atoms with Gasteiger partial charge in [0.25, 0.3) is 0 Å². The molecule has 1 aromatic carbocycles. The molecule has 0 radical (unpaired) electrons. The third-order valence-electron chi connectivity index (χ3n) is 5.77. The Kier molecular flexibility index (Phi) is 7.15. The number of halogens is 2. The number of hydrogen-bond acceptors (Lipinski definition) is 3. The Bertz CT molecular complexity index is 594. The minimum atomic E-state index is 0. The van der Waals surface area contributed by atoms with Crippen LogP contribution in [-0.4, -0.2) is 43.0 Å². The summed E-state index contributed by atoms with van der Waals surface area (Å²) in [6.07, 6.45) is 5.48. The Balaban J connectivity index is 0.00000113. The number of carbonyl (C=O) groups excluding carboxylic acids is 1. The Morgan fingerprint density at radius 3 is 2.68 bits per heavy atom. The number of rotatable bonds is 4. The van der Waals surface area contributed by atoms with Gasteiger partial charge < -0.3 is 15.5 Å². The molecule has 4 nitrogen and oxygen atoms in total. The van der Waals surface area contributed by atoms with E-state index in [9.17, 15) is 4.79 Å². The van der Waals surface area contributed by atoms with Crippen LogP contribution in [0.5, 0.6) is 0 Å². The van der Waals surface area contributed by atoms with Crippen molar-refractivity contribution in [2.45, 2.75) is 38.1 Å². The molecule has 0 spiro atoms. The third-order valence-corrected chi connectivity index (χ3v) is 5.77. The van der Waals surface area contributed by atoms with Gasteiger partial charge in [0.15, 0.2) is 0 Å². The third kappa shape index (κ3) is 4.48. The van der Waals surface area contributed by atoms with Gasteiger partial charge in [-0.3, -0.25) is 4.79 Å². The molecule has 1 amide bonds. The van der Waals surface area contributed by atoms with Gasteiger partial charge in [0.2, 0.25) is 5.91 Å². The van der Waals surface area contributed by atoms with Crippen LogP contribution < -0.4 is 10.6 Å². The lowest BCUT2D eigenvalue weighted by molar-refractivity contribution is -0.119. The predicted octanol–water partition coefficient (Wildman–Crippen LogP) is 2.87. The summed E-state index contributed by atoms with van der Waals surface area (Å²) in [5.74, 6) is 1.79. The zero-order valence-electron chi connectivity index (χ0n) is 14.6. The topological polar surface area (TPSA) is 49.6 Å². The van der Waals surface area contributed by atoms with Crippen molar-refractivity contribution in [1.82, 2.24) is 4.90 Å². The summed E-state index contributed by atoms with van der Waals surface area (Å²) in [5, 5.41) is 0. The number of para-hydroxylation sites is 1. The van der Waals surface area contributed by atoms with E-state index in [1.54, 1.807) is 0 Å². The zero-order valence-corrected chi connectivity index (χ0v) is 16.2. The molecule has 2 aliphatic heterocycles. The van der Waals surface area contributed by atoms with Crippen LogP contribution in [0.3, 0.4) is 0 Å². The molecule has 25 heavy (non-hydrogen) atoms. The number of hydrogen-bond donors (Lipinski definition) is 1. The second kappa shape index (κ2) is 8.72. The van der Waals surface area contributed by atoms with Crippen LogP contribution in [0.2, 0.25) is 0 Å². The molecule has 3 aliphatic rings. The highest BCUT2D eigenvalue weighted by molar-refractivity contribution is 5.94. The predicted molar refractivity (Wildman–Crippen MR) is 107 cm³/mol. The highest BCUT2D eigenvalue weighted by Gasteiger charge is 2.40. The summed E-state index contributed by atoms with van der Waals surface area (Å²) >= 11 is 0. The number of benzene rings is 1. The van der Waals surface area contributed by atoms with E-state index >= 15 is 0 Å². The maximum absolute atomic E-state index is 12.7. The van der Waals surface area contributed by atoms with E-state index in [-0.39, 0.29) is 30.7 Å². The summed E-state index contributed by atoms with van der Waals surface area (Å²) in [5.41, 5.74) is 8.72. The van der Waals surface area contributed by atoms with Crippen molar-refractivity contribution in [2.75, 3.05) is 31.1 Å². The average molecular weight is 386 g/mol. The van der Waals surface area contributed by atoms with E-state index in [0.717, 1.165) is 50.6 Å². The molecule has 0 aromatic heterocycles. The van der Waals surface area contributed by atoms with Crippen molar-refractivity contribution in [2.24, 2.45) is 17.6 Å². The Morgan fingerprint density at radius 1 is 1.16 bits per heavy atom. The lowest BCUT2D eigenvalue weighted by atomic mass is 9.99. The van der Waals surface area contributed by atoms with Gasteiger partial charge in [-0.05, 0) is 49.1 Å². The first kappa shape index (κ1) is 20.5. The van der Waals surface area contributed by atoms with Crippen molar-refractivity contribution in [3.05, 3.63) is 29.8 Å². The van der Waals surface area contributed by atoms with Crippen molar-refractivity contribution < 1.29 is 4.79 Å². The van der Waals surface area contributed by atoms with Gasteiger partial charge in [-0.25, -0.2) is 0 Å². The molecule has 2 atom stereocenters. The lowest BCUT2D eigenvalue weighted by Crippen LogP contribution is -2.37. The molecule has 1 aromatic rings. The molecule has 0 bridgehead atoms. The van der Waals surface area contributed by atoms with Crippen LogP contribution in [0, 0.1) is 11.8 Å². The van der Waals surface area contributed by atoms with Crippen molar-refractivity contribution in [3.8, 4) is 0 Å². The number of fused-ring (bicyclic) bond motifs is 1. The second-order valence-electron chi connectivity index (χ2n) is 7.45. The smallest absolute Gasteiger partial charge is 0.228 e. The Morgan fingerprint density at radius 2 is 1.92 bits per heavy atom. The molecule has 1 saturated heterocycles. The normalized spacial score (nSPS) is 25.7. The van der Waals surface area contributed by atoms with Crippen molar-refractivity contribution in [3.63, 3.8) is 0 Å². The number of likely N-dealkylation sites (tertiary alicyclic amines) is 1. The fourth-order valence-corrected chi connectivity index (χ4v) is 4.33. The van der Waals surface area contributed by atoms with Gasteiger partial charge in [-0.15, -0.1) is 24.8 Å². The number of anilines is 1. The minimum Gasteiger partial charge on any atom is -0.326 e. The molecule has 1 saturated carbocycles. The van der Waals surface area contributed by atoms with Gasteiger partial charge in [0.1, 0.15) is 0 Å². The molecular weight excluding hydrogens is 357 g/mol. The summed E-state index contributed by atoms with van der Waals surface area (Å²) < 4.78 is 0. The fraction of sp³-hybridized carbons (Fsp3) is 0.632. The summed E-state index contributed by atoms with van der Waals surface area (Å²) in [6, 6.07) is 8.64. The van der Waals surface area contributed by atoms with E-state index < -0.39 is 0 Å². The monoisotopic (exact) mass is 385 g/mol. The molecule has 1 aliphatic carbocycles. The average Bonchev–Trinajstić information content (AvgIpc) is 3.35. The molecule has 2 heterocycles. The first-order valence-electron chi connectivity index (χ1n) is 9.08. The van der Waals surface area contributed by atoms with Gasteiger partial charge in [-0.1, -0.05) is 18.2 Å². The first-order valence-corrected chi connectivity index (χ1v) is 9.08. The van der Waals surface area contributed by atoms with Crippen LogP contribution in [0.1, 0.15) is 31.2 Å². The van der Waals surface area contributed by atoms with E-state index in [2.05, 4.69) is 23.1 Å². The van der Waals surface area contributed by atoms with E-state index in [1.807, 2.05) is 11.0 Å². The standard InChI is InChI=1S/C19H27N3O.2ClH/c20-17-13-21(12-16(17)14-7-8-14)11-9-19(23)22-10-3-5-15-4-1-2-6-18(15)22;;/h1-2,4,6,14,16-17H,3,5,7-13,20H2;2*1H/t16-,17+;;/m1../s1.